The van der Waals surface area contributed by atoms with Gasteiger partial charge in [-0.15, -0.1) is 0 Å². The van der Waals surface area contributed by atoms with E-state index in [0.717, 1.165) is 19.6 Å². The average molecular weight is 334 g/mol. The quantitative estimate of drug-likeness (QED) is 0.527. The Morgan fingerprint density at radius 2 is 1.71 bits per heavy atom. The molecule has 0 saturated carbocycles. The van der Waals surface area contributed by atoms with Crippen molar-refractivity contribution < 1.29 is 14.3 Å². The van der Waals surface area contributed by atoms with E-state index in [1.54, 1.807) is 6.92 Å². The molecule has 0 radical (unpaired) electrons. The maximum absolute atomic E-state index is 12.9. The minimum atomic E-state index is -1.29. The number of rotatable bonds is 10. The molecule has 134 valence electrons. The highest BCUT2D eigenvalue weighted by molar-refractivity contribution is 6.08. The van der Waals surface area contributed by atoms with E-state index in [4.69, 9.17) is 4.74 Å². The van der Waals surface area contributed by atoms with Gasteiger partial charge in [-0.1, -0.05) is 51.1 Å². The Morgan fingerprint density at radius 1 is 1.08 bits per heavy atom. The Hall–Kier alpha value is -1.88. The molecule has 1 N–H and O–H groups in total. The lowest BCUT2D eigenvalue weighted by atomic mass is 9.77. The molecule has 0 unspecified atom stereocenters. The number of carbonyl (C=O) groups is 2. The molecule has 0 bridgehead atoms. The van der Waals surface area contributed by atoms with Crippen LogP contribution in [0.1, 0.15) is 39.7 Å². The molecule has 5 heteroatoms. The van der Waals surface area contributed by atoms with Gasteiger partial charge in [0.05, 0.1) is 6.61 Å². The third-order valence-corrected chi connectivity index (χ3v) is 4.42. The first kappa shape index (κ1) is 20.2. The van der Waals surface area contributed by atoms with Crippen LogP contribution in [-0.4, -0.2) is 49.6 Å². The first-order chi connectivity index (χ1) is 11.6. The lowest BCUT2D eigenvalue weighted by Crippen LogP contribution is -2.52. The number of hydrogen-bond donors (Lipinski definition) is 1. The maximum Gasteiger partial charge on any atom is 0.326 e. The zero-order chi connectivity index (χ0) is 18.0. The molecule has 1 aromatic rings. The van der Waals surface area contributed by atoms with Gasteiger partial charge in [0.25, 0.3) is 0 Å². The number of carbonyl (C=O) groups excluding carboxylic acids is 2. The fourth-order valence-electron chi connectivity index (χ4n) is 2.85. The first-order valence-corrected chi connectivity index (χ1v) is 8.80. The molecule has 0 saturated heterocycles. The number of benzene rings is 1. The van der Waals surface area contributed by atoms with Crippen LogP contribution < -0.4 is 5.32 Å². The van der Waals surface area contributed by atoms with Crippen LogP contribution in [0.15, 0.2) is 30.3 Å². The van der Waals surface area contributed by atoms with E-state index in [9.17, 15) is 9.59 Å². The van der Waals surface area contributed by atoms with Gasteiger partial charge in [0.2, 0.25) is 5.91 Å². The fourth-order valence-corrected chi connectivity index (χ4v) is 2.85. The predicted molar refractivity (Wildman–Crippen MR) is 95.8 cm³/mol. The summed E-state index contributed by atoms with van der Waals surface area (Å²) in [6.45, 7) is 11.2. The second-order valence-corrected chi connectivity index (χ2v) is 5.63. The number of ether oxygens (including phenoxy) is 1. The van der Waals surface area contributed by atoms with Gasteiger partial charge < -0.3 is 15.0 Å². The molecule has 5 nitrogen and oxygen atoms in total. The molecular weight excluding hydrogens is 304 g/mol. The van der Waals surface area contributed by atoms with Gasteiger partial charge in [0.15, 0.2) is 5.41 Å². The highest BCUT2D eigenvalue weighted by atomic mass is 16.5. The second-order valence-electron chi connectivity index (χ2n) is 5.63. The molecule has 0 spiro atoms. The summed E-state index contributed by atoms with van der Waals surface area (Å²) in [5.74, 6) is -0.777. The van der Waals surface area contributed by atoms with E-state index in [2.05, 4.69) is 24.1 Å². The van der Waals surface area contributed by atoms with E-state index in [-0.39, 0.29) is 12.5 Å². The Kier molecular flexibility index (Phi) is 8.47. The van der Waals surface area contributed by atoms with E-state index >= 15 is 0 Å². The minimum absolute atomic E-state index is 0.250. The van der Waals surface area contributed by atoms with Gasteiger partial charge in [-0.2, -0.15) is 0 Å². The van der Waals surface area contributed by atoms with Gasteiger partial charge in [0, 0.05) is 13.1 Å². The fraction of sp³-hybridized carbons (Fsp3) is 0.579. The summed E-state index contributed by atoms with van der Waals surface area (Å²) < 4.78 is 5.23. The van der Waals surface area contributed by atoms with Crippen LogP contribution in [-0.2, 0) is 19.7 Å². The van der Waals surface area contributed by atoms with Crippen molar-refractivity contribution in [3.8, 4) is 0 Å². The summed E-state index contributed by atoms with van der Waals surface area (Å²) in [5, 5.41) is 2.93. The summed E-state index contributed by atoms with van der Waals surface area (Å²) in [4.78, 5) is 27.8. The molecular formula is C19H30N2O3. The van der Waals surface area contributed by atoms with Gasteiger partial charge in [-0.05, 0) is 32.0 Å². The topological polar surface area (TPSA) is 58.6 Å². The summed E-state index contributed by atoms with van der Waals surface area (Å²) in [6.07, 6.45) is 0.354. The van der Waals surface area contributed by atoms with Gasteiger partial charge >= 0.3 is 5.97 Å². The van der Waals surface area contributed by atoms with Crippen molar-refractivity contribution >= 4 is 11.9 Å². The zero-order valence-corrected chi connectivity index (χ0v) is 15.3. The summed E-state index contributed by atoms with van der Waals surface area (Å²) in [6, 6.07) is 9.16. The highest BCUT2D eigenvalue weighted by Crippen LogP contribution is 2.30. The summed E-state index contributed by atoms with van der Waals surface area (Å²) >= 11 is 0. The van der Waals surface area contributed by atoms with Crippen molar-refractivity contribution in [2.75, 3.05) is 32.8 Å². The molecule has 0 aliphatic rings. The molecule has 0 aliphatic carbocycles. The molecule has 0 aliphatic heterocycles. The smallest absolute Gasteiger partial charge is 0.326 e. The highest BCUT2D eigenvalue weighted by Gasteiger charge is 2.47. The van der Waals surface area contributed by atoms with Crippen LogP contribution in [0.5, 0.6) is 0 Å². The van der Waals surface area contributed by atoms with Crippen LogP contribution in [0.3, 0.4) is 0 Å². The number of nitrogens with one attached hydrogen (secondary N) is 1. The molecule has 1 rings (SSSR count). The van der Waals surface area contributed by atoms with Gasteiger partial charge in [-0.25, -0.2) is 0 Å². The lowest BCUT2D eigenvalue weighted by Gasteiger charge is -2.30. The molecule has 1 atom stereocenters. The number of nitrogens with zero attached hydrogens (tertiary/aromatic N) is 1. The number of amides is 1. The molecule has 0 aromatic heterocycles. The van der Waals surface area contributed by atoms with Crippen LogP contribution in [0.4, 0.5) is 0 Å². The minimum Gasteiger partial charge on any atom is -0.465 e. The van der Waals surface area contributed by atoms with Crippen LogP contribution in [0.25, 0.3) is 0 Å². The maximum atomic E-state index is 12.9. The SMILES string of the molecule is CCOC(=O)[C@](CC)(C(=O)NCCN(CC)CC)c1ccccc1. The largest absolute Gasteiger partial charge is 0.465 e. The van der Waals surface area contributed by atoms with E-state index < -0.39 is 11.4 Å². The molecule has 24 heavy (non-hydrogen) atoms. The molecule has 1 amide bonds. The third-order valence-electron chi connectivity index (χ3n) is 4.42. The van der Waals surface area contributed by atoms with Crippen molar-refractivity contribution in [2.24, 2.45) is 0 Å². The number of hydrogen-bond acceptors (Lipinski definition) is 4. The van der Waals surface area contributed by atoms with Crippen LogP contribution >= 0.6 is 0 Å². The summed E-state index contributed by atoms with van der Waals surface area (Å²) in [7, 11) is 0. The molecule has 0 fully saturated rings. The van der Waals surface area contributed by atoms with Gasteiger partial charge in [-0.3, -0.25) is 9.59 Å². The third kappa shape index (κ3) is 4.57. The van der Waals surface area contributed by atoms with Crippen molar-refractivity contribution in [3.63, 3.8) is 0 Å². The van der Waals surface area contributed by atoms with Crippen LogP contribution in [0.2, 0.25) is 0 Å². The van der Waals surface area contributed by atoms with E-state index in [1.807, 2.05) is 37.3 Å². The zero-order valence-electron chi connectivity index (χ0n) is 15.3. The standard InChI is InChI=1S/C19H30N2O3/c1-5-19(18(23)24-8-4,16-12-10-9-11-13-16)17(22)20-14-15-21(6-2)7-3/h9-13H,5-8,14-15H2,1-4H3,(H,20,22)/t19-/m0/s1. The van der Waals surface area contributed by atoms with Crippen molar-refractivity contribution in [1.29, 1.82) is 0 Å². The van der Waals surface area contributed by atoms with Crippen molar-refractivity contribution in [2.45, 2.75) is 39.5 Å². The Labute approximate surface area is 145 Å². The Bertz CT molecular complexity index is 515. The monoisotopic (exact) mass is 334 g/mol. The summed E-state index contributed by atoms with van der Waals surface area (Å²) in [5.41, 5.74) is -0.619. The normalized spacial score (nSPS) is 13.4. The predicted octanol–water partition coefficient (Wildman–Crippen LogP) is 2.36. The second kappa shape index (κ2) is 10.1. The van der Waals surface area contributed by atoms with E-state index in [1.165, 1.54) is 0 Å². The van der Waals surface area contributed by atoms with Crippen LogP contribution in [0, 0.1) is 0 Å². The number of esters is 1. The lowest BCUT2D eigenvalue weighted by molar-refractivity contribution is -0.155. The van der Waals surface area contributed by atoms with Crippen molar-refractivity contribution in [1.82, 2.24) is 10.2 Å². The van der Waals surface area contributed by atoms with Crippen molar-refractivity contribution in [3.05, 3.63) is 35.9 Å². The average Bonchev–Trinajstić information content (AvgIpc) is 2.61. The Balaban J connectivity index is 3.00. The van der Waals surface area contributed by atoms with Gasteiger partial charge in [0.1, 0.15) is 0 Å². The molecule has 0 heterocycles. The first-order valence-electron chi connectivity index (χ1n) is 8.80. The molecule has 1 aromatic carbocycles. The van der Waals surface area contributed by atoms with E-state index in [0.29, 0.717) is 18.5 Å². The Morgan fingerprint density at radius 3 is 2.21 bits per heavy atom. The number of likely N-dealkylation sites (N-methyl/N-ethyl adjacent to an activating group) is 1.